The summed E-state index contributed by atoms with van der Waals surface area (Å²) in [6, 6.07) is 118. The van der Waals surface area contributed by atoms with Gasteiger partial charge in [0.1, 0.15) is 0 Å². The third-order valence-electron chi connectivity index (χ3n) is 23.4. The molecule has 2 aliphatic carbocycles. The van der Waals surface area contributed by atoms with E-state index in [4.69, 9.17) is 9.47 Å². The molecule has 2 aliphatic rings. The maximum absolute atomic E-state index is 13.2. The normalized spacial score (nSPS) is 13.0. The van der Waals surface area contributed by atoms with Crippen molar-refractivity contribution in [1.29, 1.82) is 0 Å². The van der Waals surface area contributed by atoms with E-state index >= 15 is 0 Å². The molecule has 18 aromatic rings. The van der Waals surface area contributed by atoms with Gasteiger partial charge in [-0.1, -0.05) is 343 Å². The molecule has 516 valence electrons. The smallest absolute Gasteiger partial charge is 0.338 e. The Bertz CT molecular complexity index is 6270. The minimum Gasteiger partial charge on any atom is -0.462 e. The standard InChI is InChI=1S/C52H38O4.C52H38/c1-3-55-51(53)45-27-15-13-25-43(45)49-39-21-9-5-17-35(39)47(36-18-6-10-22-40(36)49)33-29-31-34(32-30-33)48-37-19-7-11-23-41(37)50(42-24-12-8-20-38(42)48)44-26-14-16-28-46(44)52(54)56-4-2;1-51(2)41-23-11-9-19-37(41)47-35-17-7-5-15-33(35)45(39-21-13-25-43(51)49(39)47)31-27-29-32(30-28-31)46-34-16-6-8-18-36(34)48-38-20-10-12-24-42(38)52(3,4)44-26-14-22-40(46)50(44)48/h5-32H,3-4H2,1-2H3;5-30H,1-4H3. The molecule has 0 heterocycles. The minimum absolute atomic E-state index is 0.0997. The number of esters is 2. The molecular formula is C104H76O4. The van der Waals surface area contributed by atoms with E-state index < -0.39 is 0 Å². The topological polar surface area (TPSA) is 52.6 Å². The lowest BCUT2D eigenvalue weighted by molar-refractivity contribution is 0.0517. The molecule has 18 aromatic carbocycles. The minimum atomic E-state index is -0.327. The summed E-state index contributed by atoms with van der Waals surface area (Å²) < 4.78 is 11.0. The number of benzene rings is 18. The number of fused-ring (bicyclic) bond motifs is 12. The second-order valence-electron chi connectivity index (χ2n) is 29.8. The Morgan fingerprint density at radius 3 is 0.722 bits per heavy atom. The lowest BCUT2D eigenvalue weighted by atomic mass is 9.67. The molecule has 0 aliphatic heterocycles. The summed E-state index contributed by atoms with van der Waals surface area (Å²) in [5.41, 5.74) is 25.3. The van der Waals surface area contributed by atoms with Gasteiger partial charge in [0, 0.05) is 10.8 Å². The zero-order chi connectivity index (χ0) is 73.1. The third-order valence-corrected chi connectivity index (χ3v) is 23.4. The quantitative estimate of drug-likeness (QED) is 0.101. The van der Waals surface area contributed by atoms with Crippen LogP contribution in [0.4, 0.5) is 0 Å². The van der Waals surface area contributed by atoms with Gasteiger partial charge in [-0.05, 0) is 223 Å². The third kappa shape index (κ3) is 10.1. The van der Waals surface area contributed by atoms with Crippen molar-refractivity contribution in [2.45, 2.75) is 52.4 Å². The van der Waals surface area contributed by atoms with E-state index in [9.17, 15) is 9.59 Å². The van der Waals surface area contributed by atoms with Gasteiger partial charge in [0.2, 0.25) is 0 Å². The molecule has 0 aromatic heterocycles. The van der Waals surface area contributed by atoms with Gasteiger partial charge in [0.05, 0.1) is 24.3 Å². The van der Waals surface area contributed by atoms with Crippen LogP contribution in [-0.4, -0.2) is 25.2 Å². The van der Waals surface area contributed by atoms with Crippen LogP contribution in [-0.2, 0) is 20.3 Å². The number of hydrogen-bond acceptors (Lipinski definition) is 4. The lowest BCUT2D eigenvalue weighted by Crippen LogP contribution is -2.23. The van der Waals surface area contributed by atoms with Crippen molar-refractivity contribution in [2.75, 3.05) is 13.2 Å². The van der Waals surface area contributed by atoms with Crippen LogP contribution in [0.15, 0.2) is 328 Å². The summed E-state index contributed by atoms with van der Waals surface area (Å²) in [4.78, 5) is 26.5. The van der Waals surface area contributed by atoms with Crippen LogP contribution < -0.4 is 0 Å². The molecule has 20 rings (SSSR count). The molecule has 0 amide bonds. The maximum atomic E-state index is 13.2. The van der Waals surface area contributed by atoms with Gasteiger partial charge >= 0.3 is 11.9 Å². The Balaban J connectivity index is 0.000000147. The van der Waals surface area contributed by atoms with E-state index in [1.165, 1.54) is 110 Å². The molecule has 0 N–H and O–H groups in total. The molecule has 108 heavy (non-hydrogen) atoms. The first-order valence-electron chi connectivity index (χ1n) is 37.7. The van der Waals surface area contributed by atoms with Gasteiger partial charge in [0.25, 0.3) is 0 Å². The number of hydrogen-bond donors (Lipinski definition) is 0. The number of carbonyl (C=O) groups is 2. The molecule has 0 radical (unpaired) electrons. The average Bonchev–Trinajstić information content (AvgIpc) is 0.699. The van der Waals surface area contributed by atoms with Crippen LogP contribution in [0, 0.1) is 0 Å². The summed E-state index contributed by atoms with van der Waals surface area (Å²) in [6.45, 7) is 13.8. The first kappa shape index (κ1) is 65.7. The van der Waals surface area contributed by atoms with E-state index in [0.717, 1.165) is 87.6 Å². The van der Waals surface area contributed by atoms with E-state index in [1.807, 2.05) is 62.4 Å². The molecule has 0 unspecified atom stereocenters. The van der Waals surface area contributed by atoms with Crippen molar-refractivity contribution >= 4 is 98.1 Å². The van der Waals surface area contributed by atoms with E-state index in [-0.39, 0.29) is 22.8 Å². The predicted molar refractivity (Wildman–Crippen MR) is 453 cm³/mol. The lowest BCUT2D eigenvalue weighted by Gasteiger charge is -2.36. The fourth-order valence-corrected chi connectivity index (χ4v) is 18.7. The van der Waals surface area contributed by atoms with Gasteiger partial charge in [-0.15, -0.1) is 0 Å². The molecule has 0 atom stereocenters. The summed E-state index contributed by atoms with van der Waals surface area (Å²) >= 11 is 0. The fraction of sp³-hybridized carbons (Fsp3) is 0.0962. The molecule has 0 saturated carbocycles. The SMILES string of the molecule is CC1(C)c2ccccc2-c2c3ccccc3c(-c3ccc(-c4c5ccccc5c5c6c(cccc46)C(C)(C)c4ccccc4-5)cc3)c3cccc1c23.CCOC(=O)c1ccccc1-c1c2ccccc2c(-c2ccc(-c3c4ccccc4c(-c4ccccc4C(=O)OCC)c4ccccc34)cc2)c2ccccc12. The predicted octanol–water partition coefficient (Wildman–Crippen LogP) is 27.6. The highest BCUT2D eigenvalue weighted by molar-refractivity contribution is 6.28. The number of ether oxygens (including phenoxy) is 2. The molecule has 4 heteroatoms. The van der Waals surface area contributed by atoms with Crippen LogP contribution in [0.25, 0.3) is 175 Å². The first-order valence-corrected chi connectivity index (χ1v) is 37.7. The monoisotopic (exact) mass is 1390 g/mol. The van der Waals surface area contributed by atoms with Gasteiger partial charge in [-0.3, -0.25) is 0 Å². The second-order valence-corrected chi connectivity index (χ2v) is 29.8. The Hall–Kier alpha value is -13.0. The Morgan fingerprint density at radius 1 is 0.222 bits per heavy atom. The number of rotatable bonds is 10. The van der Waals surface area contributed by atoms with Crippen LogP contribution in [0.3, 0.4) is 0 Å². The van der Waals surface area contributed by atoms with Crippen molar-refractivity contribution in [3.8, 4) is 89.0 Å². The highest BCUT2D eigenvalue weighted by Gasteiger charge is 2.37. The van der Waals surface area contributed by atoms with Crippen molar-refractivity contribution in [1.82, 2.24) is 0 Å². The Morgan fingerprint density at radius 2 is 0.435 bits per heavy atom. The maximum Gasteiger partial charge on any atom is 0.338 e. The highest BCUT2D eigenvalue weighted by atomic mass is 16.5. The van der Waals surface area contributed by atoms with Crippen molar-refractivity contribution in [3.63, 3.8) is 0 Å². The average molecular weight is 1390 g/mol. The number of carbonyl (C=O) groups excluding carboxylic acids is 2. The van der Waals surface area contributed by atoms with Crippen LogP contribution >= 0.6 is 0 Å². The zero-order valence-electron chi connectivity index (χ0n) is 61.2. The highest BCUT2D eigenvalue weighted by Crippen LogP contribution is 2.57. The van der Waals surface area contributed by atoms with E-state index in [1.54, 1.807) is 0 Å². The van der Waals surface area contributed by atoms with Gasteiger partial charge < -0.3 is 9.47 Å². The van der Waals surface area contributed by atoms with Crippen molar-refractivity contribution in [3.05, 3.63) is 361 Å². The first-order chi connectivity index (χ1) is 52.9. The molecule has 0 saturated heterocycles. The van der Waals surface area contributed by atoms with Crippen molar-refractivity contribution in [2.24, 2.45) is 0 Å². The van der Waals surface area contributed by atoms with Gasteiger partial charge in [-0.25, -0.2) is 9.59 Å². The summed E-state index contributed by atoms with van der Waals surface area (Å²) in [6.07, 6.45) is 0. The van der Waals surface area contributed by atoms with Gasteiger partial charge in [-0.2, -0.15) is 0 Å². The molecule has 0 fully saturated rings. The van der Waals surface area contributed by atoms with Crippen LogP contribution in [0.1, 0.15) is 84.5 Å². The van der Waals surface area contributed by atoms with Crippen molar-refractivity contribution < 1.29 is 19.1 Å². The Kier molecular flexibility index (Phi) is 15.8. The zero-order valence-corrected chi connectivity index (χ0v) is 61.2. The largest absolute Gasteiger partial charge is 0.462 e. The second kappa shape index (κ2) is 25.9. The fourth-order valence-electron chi connectivity index (χ4n) is 18.7. The Labute approximate surface area is 628 Å². The van der Waals surface area contributed by atoms with Crippen LogP contribution in [0.5, 0.6) is 0 Å². The molecule has 0 bridgehead atoms. The van der Waals surface area contributed by atoms with Gasteiger partial charge in [0.15, 0.2) is 0 Å². The molecular weight excluding hydrogens is 1310 g/mol. The molecule has 4 nitrogen and oxygen atoms in total. The summed E-state index contributed by atoms with van der Waals surface area (Å²) in [5, 5.41) is 19.4. The summed E-state index contributed by atoms with van der Waals surface area (Å²) in [5.74, 6) is -0.653. The molecule has 0 spiro atoms. The van der Waals surface area contributed by atoms with Crippen LogP contribution in [0.2, 0.25) is 0 Å². The van der Waals surface area contributed by atoms with E-state index in [0.29, 0.717) is 24.3 Å². The summed E-state index contributed by atoms with van der Waals surface area (Å²) in [7, 11) is 0. The van der Waals surface area contributed by atoms with E-state index in [2.05, 4.69) is 307 Å².